The van der Waals surface area contributed by atoms with Crippen LogP contribution in [0.25, 0.3) is 0 Å². The molecule has 7 nitrogen and oxygen atoms in total. The van der Waals surface area contributed by atoms with Crippen molar-refractivity contribution in [2.24, 2.45) is 0 Å². The number of aromatic amines is 1. The summed E-state index contributed by atoms with van der Waals surface area (Å²) in [7, 11) is 0. The summed E-state index contributed by atoms with van der Waals surface area (Å²) in [6.45, 7) is 0. The molecule has 0 atom stereocenters. The Bertz CT molecular complexity index is 820. The minimum absolute atomic E-state index is 0.0158. The minimum Gasteiger partial charge on any atom is -0.505 e. The Morgan fingerprint density at radius 3 is 2.37 bits per heavy atom. The quantitative estimate of drug-likeness (QED) is 0.528. The average molecular weight is 372 g/mol. The zero-order valence-electron chi connectivity index (χ0n) is 15.0. The fourth-order valence-electron chi connectivity index (χ4n) is 3.62. The third-order valence-corrected chi connectivity index (χ3v) is 5.09. The van der Waals surface area contributed by atoms with Gasteiger partial charge in [-0.05, 0) is 36.5 Å². The smallest absolute Gasteiger partial charge is 0.303 e. The second-order valence-corrected chi connectivity index (χ2v) is 6.98. The van der Waals surface area contributed by atoms with Gasteiger partial charge in [0.05, 0.1) is 12.1 Å². The normalized spacial score (nSPS) is 14.8. The maximum absolute atomic E-state index is 12.4. The number of aryl methyl sites for hydroxylation is 1. The fraction of sp³-hybridized carbons (Fsp3) is 0.400. The monoisotopic (exact) mass is 372 g/mol. The number of carboxylic acid groups (broad SMARTS) is 1. The second-order valence-electron chi connectivity index (χ2n) is 6.98. The third kappa shape index (κ3) is 4.42. The van der Waals surface area contributed by atoms with Crippen molar-refractivity contribution in [3.63, 3.8) is 0 Å². The Hall–Kier alpha value is -2.96. The lowest BCUT2D eigenvalue weighted by Crippen LogP contribution is -2.12. The topological polar surface area (TPSA) is 123 Å². The van der Waals surface area contributed by atoms with Crippen LogP contribution >= 0.6 is 0 Å². The number of amides is 1. The summed E-state index contributed by atoms with van der Waals surface area (Å²) < 4.78 is 0. The molecule has 3 rings (SSSR count). The Balaban J connectivity index is 1.69. The lowest BCUT2D eigenvalue weighted by atomic mass is 9.84. The number of aromatic nitrogens is 1. The van der Waals surface area contributed by atoms with Crippen molar-refractivity contribution in [3.05, 3.63) is 41.1 Å². The van der Waals surface area contributed by atoms with E-state index in [1.165, 1.54) is 37.7 Å². The molecule has 0 bridgehead atoms. The molecule has 0 unspecified atom stereocenters. The van der Waals surface area contributed by atoms with Crippen molar-refractivity contribution in [1.82, 2.24) is 4.98 Å². The lowest BCUT2D eigenvalue weighted by molar-refractivity contribution is -0.136. The number of carbonyl (C=O) groups is 2. The Morgan fingerprint density at radius 1 is 1.07 bits per heavy atom. The predicted molar refractivity (Wildman–Crippen MR) is 100 cm³/mol. The number of rotatable bonds is 6. The van der Waals surface area contributed by atoms with E-state index in [1.807, 2.05) is 24.3 Å². The molecule has 1 amide bonds. The Kier molecular flexibility index (Phi) is 5.69. The van der Waals surface area contributed by atoms with Gasteiger partial charge in [-0.2, -0.15) is 0 Å². The van der Waals surface area contributed by atoms with Crippen LogP contribution in [0, 0.1) is 0 Å². The highest BCUT2D eigenvalue weighted by Gasteiger charge is 2.23. The van der Waals surface area contributed by atoms with E-state index < -0.39 is 23.5 Å². The van der Waals surface area contributed by atoms with Gasteiger partial charge < -0.3 is 25.6 Å². The largest absolute Gasteiger partial charge is 0.505 e. The molecule has 1 aliphatic rings. The maximum atomic E-state index is 12.4. The summed E-state index contributed by atoms with van der Waals surface area (Å²) >= 11 is 0. The van der Waals surface area contributed by atoms with E-state index in [2.05, 4.69) is 10.3 Å². The highest BCUT2D eigenvalue weighted by molar-refractivity contribution is 6.08. The SMILES string of the molecule is O=C(O)CCc1[nH]c(O)c(C(=O)Nc2ccc(C3CCCCC3)cc2)c1O. The first-order valence-corrected chi connectivity index (χ1v) is 9.21. The number of carbonyl (C=O) groups excluding carboxylic acids is 1. The molecule has 1 aromatic carbocycles. The third-order valence-electron chi connectivity index (χ3n) is 5.09. The predicted octanol–water partition coefficient (Wildman–Crippen LogP) is 3.74. The van der Waals surface area contributed by atoms with Gasteiger partial charge in [0, 0.05) is 12.1 Å². The highest BCUT2D eigenvalue weighted by atomic mass is 16.4. The average Bonchev–Trinajstić information content (AvgIpc) is 2.95. The maximum Gasteiger partial charge on any atom is 0.303 e. The van der Waals surface area contributed by atoms with Gasteiger partial charge in [-0.25, -0.2) is 0 Å². The number of benzene rings is 1. The summed E-state index contributed by atoms with van der Waals surface area (Å²) in [6, 6.07) is 7.63. The van der Waals surface area contributed by atoms with Gasteiger partial charge in [-0.3, -0.25) is 9.59 Å². The fourth-order valence-corrected chi connectivity index (χ4v) is 3.62. The van der Waals surface area contributed by atoms with Crippen molar-refractivity contribution in [2.75, 3.05) is 5.32 Å². The van der Waals surface area contributed by atoms with E-state index in [0.29, 0.717) is 11.6 Å². The van der Waals surface area contributed by atoms with Crippen LogP contribution in [0.15, 0.2) is 24.3 Å². The van der Waals surface area contributed by atoms with Crippen LogP contribution in [0.2, 0.25) is 0 Å². The molecule has 27 heavy (non-hydrogen) atoms. The van der Waals surface area contributed by atoms with Crippen LogP contribution in [0.4, 0.5) is 5.69 Å². The molecule has 2 aromatic rings. The van der Waals surface area contributed by atoms with Gasteiger partial charge in [0.2, 0.25) is 5.88 Å². The van der Waals surface area contributed by atoms with Crippen molar-refractivity contribution in [2.45, 2.75) is 50.9 Å². The number of aliphatic carboxylic acids is 1. The van der Waals surface area contributed by atoms with Gasteiger partial charge >= 0.3 is 5.97 Å². The van der Waals surface area contributed by atoms with Crippen molar-refractivity contribution < 1.29 is 24.9 Å². The van der Waals surface area contributed by atoms with Gasteiger partial charge in [0.1, 0.15) is 5.56 Å². The van der Waals surface area contributed by atoms with Gasteiger partial charge in [0.25, 0.3) is 5.91 Å². The minimum atomic E-state index is -1.03. The molecule has 0 spiro atoms. The summed E-state index contributed by atoms with van der Waals surface area (Å²) in [6.07, 6.45) is 5.93. The number of hydrogen-bond donors (Lipinski definition) is 5. The highest BCUT2D eigenvalue weighted by Crippen LogP contribution is 2.34. The molecule has 1 aliphatic carbocycles. The van der Waals surface area contributed by atoms with Gasteiger partial charge in [-0.1, -0.05) is 31.4 Å². The van der Waals surface area contributed by atoms with Crippen molar-refractivity contribution in [1.29, 1.82) is 0 Å². The van der Waals surface area contributed by atoms with E-state index >= 15 is 0 Å². The van der Waals surface area contributed by atoms with Crippen LogP contribution in [-0.4, -0.2) is 32.2 Å². The first-order chi connectivity index (χ1) is 13.0. The first kappa shape index (κ1) is 18.8. The molecule has 1 fully saturated rings. The molecular formula is C20H24N2O5. The standard InChI is InChI=1S/C20H24N2O5/c23-16(24)11-10-15-18(25)17(20(27)22-15)19(26)21-14-8-6-13(7-9-14)12-4-2-1-3-5-12/h6-9,12,22,25,27H,1-5,10-11H2,(H,21,26)(H,23,24). The first-order valence-electron chi connectivity index (χ1n) is 9.21. The summed E-state index contributed by atoms with van der Waals surface area (Å²) in [5, 5.41) is 31.4. The van der Waals surface area contributed by atoms with E-state index in [0.717, 1.165) is 0 Å². The molecule has 0 saturated heterocycles. The summed E-state index contributed by atoms with van der Waals surface area (Å²) in [4.78, 5) is 25.6. The molecule has 0 aliphatic heterocycles. The second kappa shape index (κ2) is 8.16. The summed E-state index contributed by atoms with van der Waals surface area (Å²) in [5.74, 6) is -2.03. The Morgan fingerprint density at radius 2 is 1.74 bits per heavy atom. The van der Waals surface area contributed by atoms with Crippen molar-refractivity contribution >= 4 is 17.6 Å². The van der Waals surface area contributed by atoms with E-state index in [-0.39, 0.29) is 24.1 Å². The zero-order chi connectivity index (χ0) is 19.4. The van der Waals surface area contributed by atoms with E-state index in [4.69, 9.17) is 5.11 Å². The molecule has 7 heteroatoms. The van der Waals surface area contributed by atoms with Crippen LogP contribution in [-0.2, 0) is 11.2 Å². The van der Waals surface area contributed by atoms with Crippen LogP contribution in [0.3, 0.4) is 0 Å². The van der Waals surface area contributed by atoms with E-state index in [9.17, 15) is 19.8 Å². The molecule has 1 aromatic heterocycles. The van der Waals surface area contributed by atoms with Crippen LogP contribution < -0.4 is 5.32 Å². The molecule has 5 N–H and O–H groups in total. The number of H-pyrrole nitrogens is 1. The van der Waals surface area contributed by atoms with E-state index in [1.54, 1.807) is 0 Å². The number of anilines is 1. The Labute approximate surface area is 157 Å². The molecule has 1 saturated carbocycles. The summed E-state index contributed by atoms with van der Waals surface area (Å²) in [5.41, 5.74) is 1.65. The number of carboxylic acids is 1. The van der Waals surface area contributed by atoms with Gasteiger partial charge in [-0.15, -0.1) is 0 Å². The molecule has 144 valence electrons. The molecular weight excluding hydrogens is 348 g/mol. The number of nitrogens with one attached hydrogen (secondary N) is 2. The number of hydrogen-bond acceptors (Lipinski definition) is 4. The number of aromatic hydroxyl groups is 2. The molecule has 1 heterocycles. The lowest BCUT2D eigenvalue weighted by Gasteiger charge is -2.22. The zero-order valence-corrected chi connectivity index (χ0v) is 15.0. The molecule has 0 radical (unpaired) electrons. The van der Waals surface area contributed by atoms with Crippen LogP contribution in [0.5, 0.6) is 11.6 Å². The van der Waals surface area contributed by atoms with Crippen molar-refractivity contribution in [3.8, 4) is 11.6 Å². The van der Waals surface area contributed by atoms with Crippen LogP contribution in [0.1, 0.15) is 66.1 Å². The van der Waals surface area contributed by atoms with Gasteiger partial charge in [0.15, 0.2) is 5.75 Å².